The van der Waals surface area contributed by atoms with Crippen LogP contribution in [0.2, 0.25) is 19.6 Å². The number of halogens is 6. The van der Waals surface area contributed by atoms with Crippen molar-refractivity contribution in [3.63, 3.8) is 0 Å². The standard InChI is InChI=1S/C19H20F6O6S2Si/c1-5-12-6-8-13(9-7-12)14-10-15(30-32(26,27)18(20,21)22)17(34(2,3)4)16(11-14)31-33(28,29)19(23,24)25/h6-11H,5H2,1-4H3. The van der Waals surface area contributed by atoms with Crippen LogP contribution in [-0.4, -0.2) is 35.9 Å². The summed E-state index contributed by atoms with van der Waals surface area (Å²) >= 11 is 0. The first-order chi connectivity index (χ1) is 15.2. The Kier molecular flexibility index (Phi) is 7.46. The van der Waals surface area contributed by atoms with Gasteiger partial charge in [0, 0.05) is 5.19 Å². The molecule has 0 aromatic heterocycles. The predicted molar refractivity (Wildman–Crippen MR) is 115 cm³/mol. The molecule has 0 amide bonds. The van der Waals surface area contributed by atoms with Crippen LogP contribution in [0.1, 0.15) is 12.5 Å². The van der Waals surface area contributed by atoms with Gasteiger partial charge < -0.3 is 8.37 Å². The zero-order valence-electron chi connectivity index (χ0n) is 18.2. The Morgan fingerprint density at radius 2 is 1.12 bits per heavy atom. The monoisotopic (exact) mass is 550 g/mol. The summed E-state index contributed by atoms with van der Waals surface area (Å²) in [6.45, 7) is 6.13. The highest BCUT2D eigenvalue weighted by molar-refractivity contribution is 7.88. The third-order valence-corrected chi connectivity index (χ3v) is 8.40. The van der Waals surface area contributed by atoms with Crippen LogP contribution >= 0.6 is 0 Å². The molecular weight excluding hydrogens is 530 g/mol. The molecule has 34 heavy (non-hydrogen) atoms. The van der Waals surface area contributed by atoms with Crippen molar-refractivity contribution in [3.05, 3.63) is 42.0 Å². The van der Waals surface area contributed by atoms with Crippen LogP contribution in [0.25, 0.3) is 11.1 Å². The molecule has 2 aromatic carbocycles. The van der Waals surface area contributed by atoms with E-state index in [1.54, 1.807) is 12.1 Å². The Hall–Kier alpha value is -2.26. The van der Waals surface area contributed by atoms with Crippen molar-refractivity contribution in [1.29, 1.82) is 0 Å². The Morgan fingerprint density at radius 1 is 0.735 bits per heavy atom. The molecule has 2 aromatic rings. The topological polar surface area (TPSA) is 86.7 Å². The average Bonchev–Trinajstić information content (AvgIpc) is 2.64. The molecule has 6 nitrogen and oxygen atoms in total. The highest BCUT2D eigenvalue weighted by Crippen LogP contribution is 2.36. The predicted octanol–water partition coefficient (Wildman–Crippen LogP) is 4.92. The van der Waals surface area contributed by atoms with Gasteiger partial charge in [-0.25, -0.2) is 0 Å². The van der Waals surface area contributed by atoms with Gasteiger partial charge in [-0.05, 0) is 35.2 Å². The molecule has 2 rings (SSSR count). The summed E-state index contributed by atoms with van der Waals surface area (Å²) in [4.78, 5) is 0. The van der Waals surface area contributed by atoms with Crippen molar-refractivity contribution in [1.82, 2.24) is 0 Å². The van der Waals surface area contributed by atoms with E-state index in [0.717, 1.165) is 17.7 Å². The van der Waals surface area contributed by atoms with E-state index in [9.17, 15) is 43.2 Å². The van der Waals surface area contributed by atoms with E-state index in [1.807, 2.05) is 6.92 Å². The minimum Gasteiger partial charge on any atom is -0.376 e. The summed E-state index contributed by atoms with van der Waals surface area (Å²) in [5, 5.41) is -0.498. The van der Waals surface area contributed by atoms with E-state index in [-0.39, 0.29) is 11.1 Å². The summed E-state index contributed by atoms with van der Waals surface area (Å²) in [7, 11) is -15.6. The van der Waals surface area contributed by atoms with Gasteiger partial charge in [0.1, 0.15) is 11.5 Å². The zero-order chi connectivity index (χ0) is 26.3. The Bertz CT molecular complexity index is 1200. The summed E-state index contributed by atoms with van der Waals surface area (Å²) in [5.41, 5.74) is -10.7. The number of hydrogen-bond acceptors (Lipinski definition) is 6. The van der Waals surface area contributed by atoms with Crippen molar-refractivity contribution in [3.8, 4) is 22.6 Å². The minimum atomic E-state index is -6.24. The van der Waals surface area contributed by atoms with Gasteiger partial charge in [0.25, 0.3) is 0 Å². The van der Waals surface area contributed by atoms with Gasteiger partial charge in [-0.1, -0.05) is 50.8 Å². The second-order valence-electron chi connectivity index (χ2n) is 8.11. The third kappa shape index (κ3) is 6.04. The molecule has 0 aliphatic carbocycles. The van der Waals surface area contributed by atoms with Crippen molar-refractivity contribution in [2.24, 2.45) is 0 Å². The summed E-state index contributed by atoms with van der Waals surface area (Å²) < 4.78 is 133. The molecule has 0 aliphatic rings. The van der Waals surface area contributed by atoms with E-state index >= 15 is 0 Å². The second-order valence-corrected chi connectivity index (χ2v) is 16.2. The van der Waals surface area contributed by atoms with Crippen LogP contribution in [0.4, 0.5) is 26.3 Å². The van der Waals surface area contributed by atoms with Gasteiger partial charge in [0.2, 0.25) is 0 Å². The molecule has 0 bridgehead atoms. The maximum Gasteiger partial charge on any atom is 0.534 e. The van der Waals surface area contributed by atoms with Gasteiger partial charge in [-0.3, -0.25) is 0 Å². The molecule has 0 N–H and O–H groups in total. The fraction of sp³-hybridized carbons (Fsp3) is 0.368. The average molecular weight is 551 g/mol. The van der Waals surface area contributed by atoms with Gasteiger partial charge in [0.05, 0.1) is 8.07 Å². The lowest BCUT2D eigenvalue weighted by atomic mass is 10.0. The van der Waals surface area contributed by atoms with Crippen LogP contribution in [0.5, 0.6) is 11.5 Å². The van der Waals surface area contributed by atoms with Gasteiger partial charge in [-0.15, -0.1) is 0 Å². The van der Waals surface area contributed by atoms with E-state index in [1.165, 1.54) is 31.8 Å². The number of benzene rings is 2. The number of hydrogen-bond donors (Lipinski definition) is 0. The molecule has 0 aliphatic heterocycles. The Balaban J connectivity index is 2.89. The fourth-order valence-electron chi connectivity index (χ4n) is 2.89. The lowest BCUT2D eigenvalue weighted by molar-refractivity contribution is -0.0502. The van der Waals surface area contributed by atoms with Crippen LogP contribution in [0, 0.1) is 0 Å². The maximum absolute atomic E-state index is 13.0. The first kappa shape index (κ1) is 28.0. The highest BCUT2D eigenvalue weighted by atomic mass is 32.2. The quantitative estimate of drug-likeness (QED) is 0.211. The number of alkyl halides is 6. The van der Waals surface area contributed by atoms with E-state index < -0.39 is 56.0 Å². The van der Waals surface area contributed by atoms with Crippen LogP contribution in [-0.2, 0) is 26.7 Å². The number of aryl methyl sites for hydroxylation is 1. The number of rotatable bonds is 7. The molecule has 0 radical (unpaired) electrons. The molecule has 0 saturated heterocycles. The van der Waals surface area contributed by atoms with E-state index in [2.05, 4.69) is 8.37 Å². The van der Waals surface area contributed by atoms with Gasteiger partial charge in [-0.2, -0.15) is 43.2 Å². The third-order valence-electron chi connectivity index (χ3n) is 4.48. The lowest BCUT2D eigenvalue weighted by Gasteiger charge is -2.25. The first-order valence-corrected chi connectivity index (χ1v) is 15.8. The van der Waals surface area contributed by atoms with Gasteiger partial charge >= 0.3 is 31.3 Å². The molecule has 190 valence electrons. The molecule has 0 atom stereocenters. The Morgan fingerprint density at radius 3 is 1.41 bits per heavy atom. The fourth-order valence-corrected chi connectivity index (χ4v) is 5.69. The summed E-state index contributed by atoms with van der Waals surface area (Å²) in [6, 6.07) is 8.00. The molecule has 0 saturated carbocycles. The van der Waals surface area contributed by atoms with Gasteiger partial charge in [0.15, 0.2) is 0 Å². The van der Waals surface area contributed by atoms with Crippen LogP contribution in [0.3, 0.4) is 0 Å². The van der Waals surface area contributed by atoms with E-state index in [4.69, 9.17) is 0 Å². The molecule has 15 heteroatoms. The second kappa shape index (κ2) is 9.07. The smallest absolute Gasteiger partial charge is 0.376 e. The van der Waals surface area contributed by atoms with Crippen LogP contribution < -0.4 is 13.6 Å². The molecule has 0 spiro atoms. The largest absolute Gasteiger partial charge is 0.534 e. The molecule has 0 heterocycles. The van der Waals surface area contributed by atoms with Crippen molar-refractivity contribution < 1.29 is 51.5 Å². The maximum atomic E-state index is 13.0. The summed E-state index contributed by atoms with van der Waals surface area (Å²) in [6.07, 6.45) is 0.630. The highest BCUT2D eigenvalue weighted by Gasteiger charge is 2.51. The van der Waals surface area contributed by atoms with Crippen molar-refractivity contribution >= 4 is 33.5 Å². The summed E-state index contributed by atoms with van der Waals surface area (Å²) in [5.74, 6) is -1.94. The lowest BCUT2D eigenvalue weighted by Crippen LogP contribution is -2.42. The van der Waals surface area contributed by atoms with E-state index in [0.29, 0.717) is 6.42 Å². The van der Waals surface area contributed by atoms with Crippen LogP contribution in [0.15, 0.2) is 36.4 Å². The SMILES string of the molecule is CCc1ccc(-c2cc(OS(=O)(=O)C(F)(F)F)c([Si](C)(C)C)c(OS(=O)(=O)C(F)(F)F)c2)cc1. The van der Waals surface area contributed by atoms with Crippen molar-refractivity contribution in [2.45, 2.75) is 44.0 Å². The normalized spacial score (nSPS) is 13.6. The molecule has 0 fully saturated rings. The zero-order valence-corrected chi connectivity index (χ0v) is 20.8. The minimum absolute atomic E-state index is 0.121. The molecular formula is C19H20F6O6S2Si. The first-order valence-electron chi connectivity index (χ1n) is 9.49. The molecule has 0 unspecified atom stereocenters. The Labute approximate surface area is 193 Å². The van der Waals surface area contributed by atoms with Crippen molar-refractivity contribution in [2.75, 3.05) is 0 Å².